The van der Waals surface area contributed by atoms with Crippen molar-refractivity contribution in [2.75, 3.05) is 0 Å². The molecule has 5 nitrogen and oxygen atoms in total. The van der Waals surface area contributed by atoms with Crippen LogP contribution in [0.5, 0.6) is 0 Å². The van der Waals surface area contributed by atoms with E-state index >= 15 is 0 Å². The minimum atomic E-state index is 0.434. The van der Waals surface area contributed by atoms with Gasteiger partial charge in [0.25, 0.3) is 0 Å². The summed E-state index contributed by atoms with van der Waals surface area (Å²) in [6, 6.07) is 24.8. The first-order valence-electron chi connectivity index (χ1n) is 9.92. The number of nitrogens with zero attached hydrogens (tertiary/aromatic N) is 5. The monoisotopic (exact) mass is 401 g/mol. The molecule has 148 valence electrons. The Hall–Kier alpha value is -4.35. The number of nitriles is 1. The summed E-state index contributed by atoms with van der Waals surface area (Å²) in [5, 5.41) is 9.27. The molecule has 0 saturated carbocycles. The van der Waals surface area contributed by atoms with E-state index in [1.165, 1.54) is 5.56 Å². The summed E-state index contributed by atoms with van der Waals surface area (Å²) in [5.41, 5.74) is 4.67. The second kappa shape index (κ2) is 8.57. The Morgan fingerprint density at radius 3 is 1.94 bits per heavy atom. The third kappa shape index (κ3) is 4.32. The molecule has 0 saturated heterocycles. The van der Waals surface area contributed by atoms with Crippen LogP contribution in [0.1, 0.15) is 30.9 Å². The van der Waals surface area contributed by atoms with E-state index in [1.807, 2.05) is 36.4 Å². The largest absolute Gasteiger partial charge is 0.238 e. The number of hydrogen-bond acceptors (Lipinski definition) is 4. The van der Waals surface area contributed by atoms with E-state index in [1.54, 1.807) is 24.3 Å². The Bertz CT molecular complexity index is 1250. The van der Waals surface area contributed by atoms with Gasteiger partial charge in [0.1, 0.15) is 0 Å². The van der Waals surface area contributed by atoms with Gasteiger partial charge in [0.05, 0.1) is 18.2 Å². The van der Waals surface area contributed by atoms with Gasteiger partial charge >= 0.3 is 0 Å². The van der Waals surface area contributed by atoms with E-state index in [-0.39, 0.29) is 0 Å². The second-order valence-corrected chi connectivity index (χ2v) is 7.44. The van der Waals surface area contributed by atoms with E-state index < -0.39 is 0 Å². The molecule has 0 unspecified atom stereocenters. The molecule has 0 aliphatic heterocycles. The first kappa shape index (κ1) is 19.9. The molecule has 4 rings (SSSR count). The molecule has 5 heteroatoms. The summed E-state index contributed by atoms with van der Waals surface area (Å²) in [6.07, 6.45) is 0. The quantitative estimate of drug-likeness (QED) is 0.370. The number of benzene rings is 3. The van der Waals surface area contributed by atoms with Crippen molar-refractivity contribution in [3.8, 4) is 40.2 Å². The summed E-state index contributed by atoms with van der Waals surface area (Å²) in [7, 11) is 0. The SMILES string of the molecule is [C-]#[N+]c1cccc(-c2nc(-c3ccc(C(C)C)cc3)nc(-c3cccc(C#N)c3)n2)c1. The van der Waals surface area contributed by atoms with Crippen molar-refractivity contribution in [2.24, 2.45) is 0 Å². The van der Waals surface area contributed by atoms with Gasteiger partial charge in [0.2, 0.25) is 0 Å². The van der Waals surface area contributed by atoms with Crippen LogP contribution in [0.25, 0.3) is 39.0 Å². The van der Waals surface area contributed by atoms with Crippen LogP contribution in [0.2, 0.25) is 0 Å². The Kier molecular flexibility index (Phi) is 5.51. The van der Waals surface area contributed by atoms with Gasteiger partial charge in [-0.15, -0.1) is 0 Å². The summed E-state index contributed by atoms with van der Waals surface area (Å²) in [6.45, 7) is 11.6. The maximum atomic E-state index is 9.27. The van der Waals surface area contributed by atoms with Gasteiger partial charge in [-0.25, -0.2) is 19.8 Å². The second-order valence-electron chi connectivity index (χ2n) is 7.44. The smallest absolute Gasteiger partial charge is 0.187 e. The lowest BCUT2D eigenvalue weighted by Gasteiger charge is -2.10. The minimum Gasteiger partial charge on any atom is -0.238 e. The molecule has 31 heavy (non-hydrogen) atoms. The van der Waals surface area contributed by atoms with Crippen molar-refractivity contribution in [2.45, 2.75) is 19.8 Å². The fourth-order valence-electron chi connectivity index (χ4n) is 3.22. The van der Waals surface area contributed by atoms with Gasteiger partial charge in [0.15, 0.2) is 23.2 Å². The van der Waals surface area contributed by atoms with E-state index in [4.69, 9.17) is 16.5 Å². The molecule has 0 radical (unpaired) electrons. The highest BCUT2D eigenvalue weighted by atomic mass is 15.0. The van der Waals surface area contributed by atoms with Gasteiger partial charge in [-0.1, -0.05) is 68.4 Å². The van der Waals surface area contributed by atoms with Crippen molar-refractivity contribution in [1.82, 2.24) is 15.0 Å². The first-order chi connectivity index (χ1) is 15.1. The zero-order valence-electron chi connectivity index (χ0n) is 17.2. The van der Waals surface area contributed by atoms with Gasteiger partial charge < -0.3 is 0 Å². The molecule has 0 bridgehead atoms. The molecular weight excluding hydrogens is 382 g/mol. The van der Waals surface area contributed by atoms with E-state index in [2.05, 4.69) is 41.9 Å². The predicted octanol–water partition coefficient (Wildman–Crippen LogP) is 6.42. The molecule has 0 aliphatic rings. The van der Waals surface area contributed by atoms with Crippen LogP contribution < -0.4 is 0 Å². The highest BCUT2D eigenvalue weighted by Crippen LogP contribution is 2.27. The van der Waals surface area contributed by atoms with Crippen LogP contribution in [0.3, 0.4) is 0 Å². The van der Waals surface area contributed by atoms with Gasteiger partial charge in [-0.05, 0) is 29.7 Å². The third-order valence-electron chi connectivity index (χ3n) is 4.95. The summed E-state index contributed by atoms with van der Waals surface area (Å²) >= 11 is 0. The molecule has 3 aromatic carbocycles. The van der Waals surface area contributed by atoms with Crippen LogP contribution in [0.15, 0.2) is 72.8 Å². The third-order valence-corrected chi connectivity index (χ3v) is 4.95. The zero-order chi connectivity index (χ0) is 21.8. The summed E-state index contributed by atoms with van der Waals surface area (Å²) < 4.78 is 0. The van der Waals surface area contributed by atoms with Crippen molar-refractivity contribution in [3.63, 3.8) is 0 Å². The van der Waals surface area contributed by atoms with Crippen molar-refractivity contribution in [1.29, 1.82) is 5.26 Å². The Morgan fingerprint density at radius 1 is 0.774 bits per heavy atom. The maximum Gasteiger partial charge on any atom is 0.187 e. The Balaban J connectivity index is 1.90. The molecule has 1 heterocycles. The molecule has 4 aromatic rings. The molecule has 1 aromatic heterocycles. The summed E-state index contributed by atoms with van der Waals surface area (Å²) in [4.78, 5) is 17.6. The Labute approximate surface area is 181 Å². The molecule has 0 N–H and O–H groups in total. The van der Waals surface area contributed by atoms with Crippen LogP contribution >= 0.6 is 0 Å². The van der Waals surface area contributed by atoms with Crippen molar-refractivity contribution in [3.05, 3.63) is 95.3 Å². The zero-order valence-corrected chi connectivity index (χ0v) is 17.2. The Morgan fingerprint density at radius 2 is 1.35 bits per heavy atom. The lowest BCUT2D eigenvalue weighted by molar-refractivity contribution is 0.867. The molecule has 0 fully saturated rings. The van der Waals surface area contributed by atoms with Crippen molar-refractivity contribution < 1.29 is 0 Å². The van der Waals surface area contributed by atoms with Crippen LogP contribution in [0, 0.1) is 17.9 Å². The highest BCUT2D eigenvalue weighted by molar-refractivity contribution is 5.69. The fourth-order valence-corrected chi connectivity index (χ4v) is 3.22. The normalized spacial score (nSPS) is 10.5. The van der Waals surface area contributed by atoms with E-state index in [0.717, 1.165) is 16.7 Å². The average Bonchev–Trinajstić information content (AvgIpc) is 2.84. The van der Waals surface area contributed by atoms with Crippen LogP contribution in [-0.2, 0) is 0 Å². The number of aromatic nitrogens is 3. The molecule has 0 atom stereocenters. The molecule has 0 aliphatic carbocycles. The topological polar surface area (TPSA) is 66.8 Å². The molecule has 0 spiro atoms. The highest BCUT2D eigenvalue weighted by Gasteiger charge is 2.13. The lowest BCUT2D eigenvalue weighted by atomic mass is 10.0. The van der Waals surface area contributed by atoms with E-state index in [9.17, 15) is 5.26 Å². The molecular formula is C26H19N5. The number of hydrogen-bond donors (Lipinski definition) is 0. The average molecular weight is 401 g/mol. The summed E-state index contributed by atoms with van der Waals surface area (Å²) in [5.74, 6) is 1.95. The number of rotatable bonds is 4. The standard InChI is InChI=1S/C26H19N5/c1-17(2)19-10-12-20(13-11-19)24-29-25(21-7-4-6-18(14-21)16-27)31-26(30-24)22-8-5-9-23(15-22)28-3/h4-15,17H,1-2H3. The van der Waals surface area contributed by atoms with Crippen molar-refractivity contribution >= 4 is 5.69 Å². The lowest BCUT2D eigenvalue weighted by Crippen LogP contribution is -2.00. The van der Waals surface area contributed by atoms with Gasteiger partial charge in [-0.3, -0.25) is 0 Å². The van der Waals surface area contributed by atoms with Crippen LogP contribution in [-0.4, -0.2) is 15.0 Å². The van der Waals surface area contributed by atoms with Gasteiger partial charge in [0, 0.05) is 16.7 Å². The molecule has 0 amide bonds. The first-order valence-corrected chi connectivity index (χ1v) is 9.92. The van der Waals surface area contributed by atoms with Gasteiger partial charge in [-0.2, -0.15) is 5.26 Å². The predicted molar refractivity (Wildman–Crippen MR) is 121 cm³/mol. The fraction of sp³-hybridized carbons (Fsp3) is 0.115. The maximum absolute atomic E-state index is 9.27. The van der Waals surface area contributed by atoms with E-state index in [0.29, 0.717) is 34.6 Å². The minimum absolute atomic E-state index is 0.434. The van der Waals surface area contributed by atoms with Crippen LogP contribution in [0.4, 0.5) is 5.69 Å².